The van der Waals surface area contributed by atoms with E-state index in [4.69, 9.17) is 14.3 Å². The van der Waals surface area contributed by atoms with Gasteiger partial charge in [0.1, 0.15) is 23.2 Å². The molecule has 4 aromatic rings. The normalized spacial score (nSPS) is 15.2. The minimum atomic E-state index is -4.07. The van der Waals surface area contributed by atoms with Gasteiger partial charge in [0.15, 0.2) is 5.58 Å². The van der Waals surface area contributed by atoms with Crippen molar-refractivity contribution in [3.63, 3.8) is 0 Å². The van der Waals surface area contributed by atoms with E-state index in [0.717, 1.165) is 0 Å². The van der Waals surface area contributed by atoms with Crippen LogP contribution in [0.1, 0.15) is 28.9 Å². The first-order chi connectivity index (χ1) is 19.5. The quantitative estimate of drug-likeness (QED) is 0.247. The summed E-state index contributed by atoms with van der Waals surface area (Å²) in [5.74, 6) is -1.55. The van der Waals surface area contributed by atoms with E-state index in [9.17, 15) is 22.4 Å². The maximum absolute atomic E-state index is 13.6. The van der Waals surface area contributed by atoms with Gasteiger partial charge >= 0.3 is 12.0 Å². The molecule has 3 heterocycles. The van der Waals surface area contributed by atoms with Crippen LogP contribution in [0.15, 0.2) is 86.4 Å². The summed E-state index contributed by atoms with van der Waals surface area (Å²) in [6.45, 7) is 1.61. The van der Waals surface area contributed by atoms with Gasteiger partial charge in [0.05, 0.1) is 23.1 Å². The fourth-order valence-electron chi connectivity index (χ4n) is 4.12. The molecule has 13 nitrogen and oxygen atoms in total. The van der Waals surface area contributed by atoms with Gasteiger partial charge in [-0.05, 0) is 48.9 Å². The highest BCUT2D eigenvalue weighted by atomic mass is 32.2. The molecule has 1 aliphatic heterocycles. The molecule has 0 bridgehead atoms. The smallest absolute Gasteiger partial charge is 0.338 e. The molecule has 0 spiro atoms. The van der Waals surface area contributed by atoms with Crippen LogP contribution in [0.3, 0.4) is 0 Å². The highest BCUT2D eigenvalue weighted by molar-refractivity contribution is 7.89. The van der Waals surface area contributed by atoms with Gasteiger partial charge in [0.2, 0.25) is 16.0 Å². The van der Waals surface area contributed by atoms with E-state index in [-0.39, 0.29) is 39.4 Å². The van der Waals surface area contributed by atoms with E-state index in [0.29, 0.717) is 16.8 Å². The largest absolute Gasteiger partial charge is 0.465 e. The van der Waals surface area contributed by atoms with Crippen LogP contribution >= 0.6 is 0 Å². The second kappa shape index (κ2) is 10.8. The molecule has 41 heavy (non-hydrogen) atoms. The number of methoxy groups -OCH3 is 1. The Bertz CT molecular complexity index is 1870. The Hall–Kier alpha value is -5.15. The van der Waals surface area contributed by atoms with Crippen molar-refractivity contribution in [2.75, 3.05) is 17.7 Å². The predicted molar refractivity (Wildman–Crippen MR) is 146 cm³/mol. The van der Waals surface area contributed by atoms with Gasteiger partial charge < -0.3 is 19.8 Å². The molecule has 1 aliphatic rings. The Balaban J connectivity index is 1.51. The number of anilines is 2. The average Bonchev–Trinajstić information content (AvgIpc) is 3.33. The zero-order valence-corrected chi connectivity index (χ0v) is 22.3. The molecule has 5 N–H and O–H groups in total. The number of rotatable bonds is 6. The second-order valence-corrected chi connectivity index (χ2v) is 10.4. The maximum atomic E-state index is 13.6. The number of carbonyl (C=O) groups excluding carboxylic acids is 2. The number of nitrogens with zero attached hydrogens (tertiary/aromatic N) is 3. The molecule has 0 fully saturated rings. The number of sulfonamides is 1. The molecule has 1 amide bonds. The van der Waals surface area contributed by atoms with Crippen LogP contribution in [0.25, 0.3) is 11.1 Å². The van der Waals surface area contributed by atoms with Crippen molar-refractivity contribution in [1.82, 2.24) is 15.3 Å². The van der Waals surface area contributed by atoms with Crippen LogP contribution in [-0.2, 0) is 19.6 Å². The number of amides is 1. The first-order valence-corrected chi connectivity index (χ1v) is 13.4. The summed E-state index contributed by atoms with van der Waals surface area (Å²) in [5.41, 5.74) is 1.57. The summed E-state index contributed by atoms with van der Waals surface area (Å²) in [7, 11) is -2.84. The van der Waals surface area contributed by atoms with E-state index in [1.54, 1.807) is 13.0 Å². The summed E-state index contributed by atoms with van der Waals surface area (Å²) >= 11 is 0. The number of aromatic nitrogens is 2. The third-order valence-corrected chi connectivity index (χ3v) is 6.90. The van der Waals surface area contributed by atoms with E-state index in [1.807, 2.05) is 0 Å². The molecule has 210 valence electrons. The van der Waals surface area contributed by atoms with Crippen molar-refractivity contribution in [1.29, 1.82) is 0 Å². The SMILES string of the molecule is COC(=O)c1ccnc(NC(=O)C2=C(C)NC(Nc3nc4ccc(F)cc4o3)=NC2c2cccc(S(N)(=O)=O)c2)c1. The number of ether oxygens (including phenoxy) is 1. The first-order valence-electron chi connectivity index (χ1n) is 11.9. The topological polar surface area (TPSA) is 191 Å². The van der Waals surface area contributed by atoms with Crippen LogP contribution in [0, 0.1) is 5.82 Å². The fraction of sp³-hybridized carbons (Fsp3) is 0.115. The zero-order valence-electron chi connectivity index (χ0n) is 21.5. The summed E-state index contributed by atoms with van der Waals surface area (Å²) < 4.78 is 48.0. The number of halogens is 1. The van der Waals surface area contributed by atoms with Crippen molar-refractivity contribution in [2.45, 2.75) is 17.9 Å². The molecule has 1 atom stereocenters. The Morgan fingerprint density at radius 2 is 1.95 bits per heavy atom. The summed E-state index contributed by atoms with van der Waals surface area (Å²) in [4.78, 5) is 38.2. The molecule has 5 rings (SSSR count). The molecule has 0 saturated heterocycles. The van der Waals surface area contributed by atoms with Crippen LogP contribution in [0.5, 0.6) is 0 Å². The lowest BCUT2D eigenvalue weighted by Crippen LogP contribution is -2.37. The van der Waals surface area contributed by atoms with Crippen LogP contribution in [0.4, 0.5) is 16.2 Å². The highest BCUT2D eigenvalue weighted by Gasteiger charge is 2.31. The molecular formula is C26H22FN7O6S. The average molecular weight is 580 g/mol. The lowest BCUT2D eigenvalue weighted by atomic mass is 9.95. The maximum Gasteiger partial charge on any atom is 0.338 e. The van der Waals surface area contributed by atoms with Crippen molar-refractivity contribution in [3.05, 3.63) is 89.0 Å². The van der Waals surface area contributed by atoms with Crippen molar-refractivity contribution in [3.8, 4) is 0 Å². The number of aliphatic imine (C=N–C) groups is 1. The van der Waals surface area contributed by atoms with Gasteiger partial charge in [-0.3, -0.25) is 10.1 Å². The first kappa shape index (κ1) is 27.4. The van der Waals surface area contributed by atoms with E-state index >= 15 is 0 Å². The number of esters is 1. The molecule has 0 aliphatic carbocycles. The Labute approximate surface area is 232 Å². The molecule has 15 heteroatoms. The predicted octanol–water partition coefficient (Wildman–Crippen LogP) is 2.82. The van der Waals surface area contributed by atoms with Gasteiger partial charge in [0.25, 0.3) is 5.91 Å². The van der Waals surface area contributed by atoms with Crippen LogP contribution in [-0.4, -0.2) is 43.3 Å². The molecule has 1 unspecified atom stereocenters. The van der Waals surface area contributed by atoms with E-state index < -0.39 is 33.8 Å². The van der Waals surface area contributed by atoms with Crippen molar-refractivity contribution in [2.24, 2.45) is 10.1 Å². The number of pyridine rings is 1. The molecular weight excluding hydrogens is 557 g/mol. The number of nitrogens with one attached hydrogen (secondary N) is 3. The van der Waals surface area contributed by atoms with E-state index in [1.165, 1.54) is 61.8 Å². The van der Waals surface area contributed by atoms with Crippen LogP contribution in [0.2, 0.25) is 0 Å². The van der Waals surface area contributed by atoms with Crippen molar-refractivity contribution >= 4 is 50.8 Å². The lowest BCUT2D eigenvalue weighted by molar-refractivity contribution is -0.113. The van der Waals surface area contributed by atoms with E-state index in [2.05, 4.69) is 30.9 Å². The van der Waals surface area contributed by atoms with Crippen molar-refractivity contribution < 1.29 is 31.6 Å². The number of benzene rings is 2. The number of allylic oxidation sites excluding steroid dienone is 1. The zero-order chi connectivity index (χ0) is 29.3. The summed E-state index contributed by atoms with van der Waals surface area (Å²) in [6, 6.07) is 11.3. The number of nitrogens with two attached hydrogens (primary N) is 1. The van der Waals surface area contributed by atoms with Gasteiger partial charge in [-0.1, -0.05) is 12.1 Å². The lowest BCUT2D eigenvalue weighted by Gasteiger charge is -2.26. The monoisotopic (exact) mass is 579 g/mol. The number of hydrogen-bond donors (Lipinski definition) is 4. The highest BCUT2D eigenvalue weighted by Crippen LogP contribution is 2.33. The third-order valence-electron chi connectivity index (χ3n) is 5.99. The molecule has 2 aromatic carbocycles. The number of primary sulfonamides is 1. The standard InChI is InChI=1S/C26H22FN7O6S/c1-13-21(23(35)32-20-11-15(8-9-29-20)24(36)39-2)22(14-4-3-5-17(10-14)41(28,37)38)33-25(30-13)34-26-31-18-7-6-16(27)12-19(18)40-26/h3-12,22H,1-2H3,(H2,28,37,38)(H,29,32,35)(H2,30,31,33,34). The number of fused-ring (bicyclic) bond motifs is 1. The third kappa shape index (κ3) is 5.90. The molecule has 0 saturated carbocycles. The van der Waals surface area contributed by atoms with Gasteiger partial charge in [-0.2, -0.15) is 4.98 Å². The van der Waals surface area contributed by atoms with Crippen LogP contribution < -0.4 is 21.1 Å². The molecule has 2 aromatic heterocycles. The number of oxazole rings is 1. The summed E-state index contributed by atoms with van der Waals surface area (Å²) in [6.07, 6.45) is 1.33. The summed E-state index contributed by atoms with van der Waals surface area (Å²) in [5, 5.41) is 13.8. The number of guanidine groups is 1. The Morgan fingerprint density at radius 1 is 1.15 bits per heavy atom. The Morgan fingerprint density at radius 3 is 2.71 bits per heavy atom. The minimum absolute atomic E-state index is 0.00147. The fourth-order valence-corrected chi connectivity index (χ4v) is 4.69. The molecule has 0 radical (unpaired) electrons. The Kier molecular flexibility index (Phi) is 7.21. The second-order valence-electron chi connectivity index (χ2n) is 8.79. The number of carbonyl (C=O) groups is 2. The minimum Gasteiger partial charge on any atom is -0.465 e. The number of hydrogen-bond acceptors (Lipinski definition) is 11. The van der Waals surface area contributed by atoms with Gasteiger partial charge in [-0.15, -0.1) is 0 Å². The van der Waals surface area contributed by atoms with Gasteiger partial charge in [-0.25, -0.2) is 32.7 Å². The van der Waals surface area contributed by atoms with Gasteiger partial charge in [0, 0.05) is 18.0 Å².